The Bertz CT molecular complexity index is 1130. The molecule has 9 heteroatoms. The normalized spacial score (nSPS) is 14.7. The Morgan fingerprint density at radius 3 is 2.55 bits per heavy atom. The van der Waals surface area contributed by atoms with Crippen LogP contribution < -0.4 is 14.8 Å². The maximum atomic E-state index is 12.8. The number of hydrogen-bond acceptors (Lipinski definition) is 6. The second-order valence-corrected chi connectivity index (χ2v) is 8.73. The summed E-state index contributed by atoms with van der Waals surface area (Å²) in [5, 5.41) is 2.59. The van der Waals surface area contributed by atoms with Crippen LogP contribution in [0.25, 0.3) is 6.08 Å². The molecule has 7 nitrogen and oxygen atoms in total. The molecule has 174 valence electrons. The first-order valence-corrected chi connectivity index (χ1v) is 11.6. The number of nitrogens with zero attached hydrogens (tertiary/aromatic N) is 1. The van der Waals surface area contributed by atoms with Crippen LogP contribution in [0.2, 0.25) is 5.02 Å². The van der Waals surface area contributed by atoms with Crippen molar-refractivity contribution >= 4 is 52.2 Å². The van der Waals surface area contributed by atoms with Crippen molar-refractivity contribution < 1.29 is 23.9 Å². The van der Waals surface area contributed by atoms with Gasteiger partial charge in [0.15, 0.2) is 11.5 Å². The predicted molar refractivity (Wildman–Crippen MR) is 131 cm³/mol. The van der Waals surface area contributed by atoms with E-state index in [2.05, 4.69) is 5.32 Å². The molecule has 0 bridgehead atoms. The minimum atomic E-state index is -0.538. The van der Waals surface area contributed by atoms with Crippen LogP contribution in [0.4, 0.5) is 10.5 Å². The van der Waals surface area contributed by atoms with E-state index in [1.165, 1.54) is 0 Å². The number of hydrogen-bond donors (Lipinski definition) is 1. The number of halogens is 1. The van der Waals surface area contributed by atoms with Gasteiger partial charge < -0.3 is 14.8 Å². The first kappa shape index (κ1) is 24.7. The molecule has 33 heavy (non-hydrogen) atoms. The lowest BCUT2D eigenvalue weighted by molar-refractivity contribution is -0.127. The quantitative estimate of drug-likeness (QED) is 0.499. The highest BCUT2D eigenvalue weighted by molar-refractivity contribution is 8.18. The molecule has 2 aromatic rings. The van der Waals surface area contributed by atoms with Crippen LogP contribution >= 0.6 is 23.4 Å². The Labute approximate surface area is 202 Å². The topological polar surface area (TPSA) is 84.9 Å². The van der Waals surface area contributed by atoms with E-state index < -0.39 is 17.1 Å². The van der Waals surface area contributed by atoms with Crippen molar-refractivity contribution in [3.8, 4) is 11.5 Å². The molecule has 0 aliphatic carbocycles. The van der Waals surface area contributed by atoms with E-state index in [4.69, 9.17) is 21.1 Å². The number of ether oxygens (including phenoxy) is 2. The number of carbonyl (C=O) groups is 3. The maximum Gasteiger partial charge on any atom is 0.294 e. The summed E-state index contributed by atoms with van der Waals surface area (Å²) in [5.41, 5.74) is 3.11. The molecule has 3 amide bonds. The Morgan fingerprint density at radius 1 is 1.12 bits per heavy atom. The molecule has 1 saturated heterocycles. The third-order valence-corrected chi connectivity index (χ3v) is 5.95. The van der Waals surface area contributed by atoms with Gasteiger partial charge in [0.2, 0.25) is 5.91 Å². The number of anilines is 1. The zero-order chi connectivity index (χ0) is 24.1. The lowest BCUT2D eigenvalue weighted by Crippen LogP contribution is -2.36. The van der Waals surface area contributed by atoms with Crippen LogP contribution in [-0.4, -0.2) is 41.7 Å². The molecule has 1 aliphatic rings. The number of amides is 3. The van der Waals surface area contributed by atoms with Crippen LogP contribution in [0, 0.1) is 13.8 Å². The van der Waals surface area contributed by atoms with Gasteiger partial charge in [0.1, 0.15) is 6.54 Å². The predicted octanol–water partition coefficient (Wildman–Crippen LogP) is 5.43. The number of nitrogens with one attached hydrogen (secondary N) is 1. The van der Waals surface area contributed by atoms with Crippen LogP contribution in [0.1, 0.15) is 30.5 Å². The van der Waals surface area contributed by atoms with E-state index in [1.54, 1.807) is 18.2 Å². The van der Waals surface area contributed by atoms with Crippen molar-refractivity contribution in [1.82, 2.24) is 4.90 Å². The molecule has 2 aromatic carbocycles. The average molecular weight is 489 g/mol. The average Bonchev–Trinajstić information content (AvgIpc) is 3.00. The van der Waals surface area contributed by atoms with Gasteiger partial charge in [0.25, 0.3) is 11.1 Å². The number of benzene rings is 2. The molecule has 0 unspecified atom stereocenters. The summed E-state index contributed by atoms with van der Waals surface area (Å²) in [6, 6.07) is 9.01. The minimum Gasteiger partial charge on any atom is -0.490 e. The highest BCUT2D eigenvalue weighted by Gasteiger charge is 2.36. The van der Waals surface area contributed by atoms with E-state index >= 15 is 0 Å². The first-order chi connectivity index (χ1) is 15.7. The third kappa shape index (κ3) is 5.89. The molecule has 0 spiro atoms. The summed E-state index contributed by atoms with van der Waals surface area (Å²) in [4.78, 5) is 38.9. The lowest BCUT2D eigenvalue weighted by Gasteiger charge is -2.14. The molecular weight excluding hydrogens is 464 g/mol. The molecule has 1 heterocycles. The number of aryl methyl sites for hydroxylation is 2. The fraction of sp³-hybridized carbons (Fsp3) is 0.292. The molecule has 1 N–H and O–H groups in total. The van der Waals surface area contributed by atoms with Gasteiger partial charge in [0, 0.05) is 5.69 Å². The Kier molecular flexibility index (Phi) is 8.05. The molecule has 0 saturated carbocycles. The summed E-state index contributed by atoms with van der Waals surface area (Å²) in [6.45, 7) is 7.92. The van der Waals surface area contributed by atoms with Crippen molar-refractivity contribution in [3.63, 3.8) is 0 Å². The second kappa shape index (κ2) is 10.8. The molecular formula is C24H25ClN2O5S. The van der Waals surface area contributed by atoms with Gasteiger partial charge in [-0.25, -0.2) is 0 Å². The maximum absolute atomic E-state index is 12.8. The van der Waals surface area contributed by atoms with Gasteiger partial charge in [-0.15, -0.1) is 0 Å². The summed E-state index contributed by atoms with van der Waals surface area (Å²) >= 11 is 7.12. The summed E-state index contributed by atoms with van der Waals surface area (Å²) in [5.74, 6) is -0.112. The zero-order valence-electron chi connectivity index (χ0n) is 18.9. The van der Waals surface area contributed by atoms with E-state index in [1.807, 2.05) is 45.9 Å². The highest BCUT2D eigenvalue weighted by Crippen LogP contribution is 2.39. The molecule has 0 aromatic heterocycles. The summed E-state index contributed by atoms with van der Waals surface area (Å²) < 4.78 is 11.2. The minimum absolute atomic E-state index is 0.196. The largest absolute Gasteiger partial charge is 0.490 e. The summed E-state index contributed by atoms with van der Waals surface area (Å²) in [7, 11) is 0. The third-order valence-electron chi connectivity index (χ3n) is 4.76. The van der Waals surface area contributed by atoms with Gasteiger partial charge in [-0.05, 0) is 80.4 Å². The van der Waals surface area contributed by atoms with Gasteiger partial charge >= 0.3 is 0 Å². The Balaban J connectivity index is 1.78. The van der Waals surface area contributed by atoms with Gasteiger partial charge in [-0.3, -0.25) is 19.3 Å². The van der Waals surface area contributed by atoms with Crippen molar-refractivity contribution in [2.45, 2.75) is 27.7 Å². The number of rotatable bonds is 8. The van der Waals surface area contributed by atoms with Crippen LogP contribution in [0.5, 0.6) is 11.5 Å². The van der Waals surface area contributed by atoms with Crippen LogP contribution in [0.15, 0.2) is 35.2 Å². The van der Waals surface area contributed by atoms with Crippen LogP contribution in [0.3, 0.4) is 0 Å². The van der Waals surface area contributed by atoms with Crippen molar-refractivity contribution in [1.29, 1.82) is 0 Å². The zero-order valence-corrected chi connectivity index (χ0v) is 20.4. The fourth-order valence-corrected chi connectivity index (χ4v) is 4.32. The highest BCUT2D eigenvalue weighted by atomic mass is 35.5. The molecule has 1 aliphatic heterocycles. The first-order valence-electron chi connectivity index (χ1n) is 10.4. The number of carbonyl (C=O) groups excluding carboxylic acids is 3. The van der Waals surface area contributed by atoms with Crippen molar-refractivity contribution in [2.24, 2.45) is 0 Å². The monoisotopic (exact) mass is 488 g/mol. The van der Waals surface area contributed by atoms with E-state index in [-0.39, 0.29) is 11.4 Å². The van der Waals surface area contributed by atoms with Crippen molar-refractivity contribution in [3.05, 3.63) is 56.9 Å². The van der Waals surface area contributed by atoms with Gasteiger partial charge in [0.05, 0.1) is 23.1 Å². The molecule has 1 fully saturated rings. The van der Waals surface area contributed by atoms with Gasteiger partial charge in [-0.1, -0.05) is 23.7 Å². The number of thioether (sulfide) groups is 1. The SMILES string of the molecule is CCOc1cc(/C=C2/SC(=O)N(CC(=O)Nc3cc(C)ccc3C)C2=O)cc(Cl)c1OCC. The smallest absolute Gasteiger partial charge is 0.294 e. The second-order valence-electron chi connectivity index (χ2n) is 7.33. The molecule has 0 radical (unpaired) electrons. The standard InChI is InChI=1S/C24H25ClN2O5S/c1-5-31-19-11-16(10-17(25)22(19)32-6-2)12-20-23(29)27(24(30)33-20)13-21(28)26-18-9-14(3)7-8-15(18)4/h7-12H,5-6,13H2,1-4H3,(H,26,28)/b20-12+. The fourth-order valence-electron chi connectivity index (χ4n) is 3.21. The number of imide groups is 1. The van der Waals surface area contributed by atoms with E-state index in [0.29, 0.717) is 41.0 Å². The van der Waals surface area contributed by atoms with E-state index in [9.17, 15) is 14.4 Å². The molecule has 3 rings (SSSR count). The Morgan fingerprint density at radius 2 is 1.85 bits per heavy atom. The lowest BCUT2D eigenvalue weighted by atomic mass is 10.1. The van der Waals surface area contributed by atoms with E-state index in [0.717, 1.165) is 27.8 Å². The van der Waals surface area contributed by atoms with Crippen LogP contribution in [-0.2, 0) is 9.59 Å². The molecule has 0 atom stereocenters. The van der Waals surface area contributed by atoms with Crippen molar-refractivity contribution in [2.75, 3.05) is 25.1 Å². The Hall–Kier alpha value is -2.97. The summed E-state index contributed by atoms with van der Waals surface area (Å²) in [6.07, 6.45) is 1.55. The van der Waals surface area contributed by atoms with Gasteiger partial charge in [-0.2, -0.15) is 0 Å².